The first-order valence-corrected chi connectivity index (χ1v) is 10.9. The normalized spacial score (nSPS) is 11.7. The van der Waals surface area contributed by atoms with Gasteiger partial charge in [-0.25, -0.2) is 9.37 Å². The maximum absolute atomic E-state index is 14.2. The monoisotopic (exact) mass is 499 g/mol. The number of carbonyl (C=O) groups is 2. The van der Waals surface area contributed by atoms with E-state index >= 15 is 0 Å². The zero-order valence-electron chi connectivity index (χ0n) is 19.3. The van der Waals surface area contributed by atoms with Crippen LogP contribution in [0.4, 0.5) is 17.6 Å². The number of fused-ring (bicyclic) bond motifs is 1. The van der Waals surface area contributed by atoms with Gasteiger partial charge in [-0.05, 0) is 36.6 Å². The lowest BCUT2D eigenvalue weighted by Crippen LogP contribution is -2.21. The highest BCUT2D eigenvalue weighted by Gasteiger charge is 2.41. The maximum Gasteiger partial charge on any atom is 0.435 e. The van der Waals surface area contributed by atoms with Gasteiger partial charge in [-0.2, -0.15) is 18.3 Å². The van der Waals surface area contributed by atoms with Crippen LogP contribution < -0.4 is 11.5 Å². The number of pyridine rings is 1. The smallest absolute Gasteiger partial charge is 0.366 e. The molecule has 4 rings (SSSR count). The molecule has 2 amide bonds. The average Bonchev–Trinajstić information content (AvgIpc) is 3.14. The summed E-state index contributed by atoms with van der Waals surface area (Å²) in [4.78, 5) is 28.9. The van der Waals surface area contributed by atoms with Gasteiger partial charge in [0.05, 0.1) is 17.6 Å². The highest BCUT2D eigenvalue weighted by molar-refractivity contribution is 6.15. The topological polar surface area (TPSA) is 117 Å². The van der Waals surface area contributed by atoms with E-state index in [1.54, 1.807) is 12.1 Å². The Kier molecular flexibility index (Phi) is 6.25. The Balaban J connectivity index is 2.06. The van der Waals surface area contributed by atoms with Crippen molar-refractivity contribution >= 4 is 22.7 Å². The molecule has 7 nitrogen and oxygen atoms in total. The number of alkyl halides is 3. The summed E-state index contributed by atoms with van der Waals surface area (Å²) >= 11 is 0. The van der Waals surface area contributed by atoms with Crippen molar-refractivity contribution in [3.8, 4) is 11.1 Å². The highest BCUT2D eigenvalue weighted by Crippen LogP contribution is 2.42. The molecular weight excluding hydrogens is 478 g/mol. The van der Waals surface area contributed by atoms with Crippen molar-refractivity contribution in [3.05, 3.63) is 82.1 Å². The summed E-state index contributed by atoms with van der Waals surface area (Å²) in [6.45, 7) is 3.35. The molecule has 2 heterocycles. The summed E-state index contributed by atoms with van der Waals surface area (Å²) < 4.78 is 57.6. The molecule has 0 atom stereocenters. The molecule has 0 aliphatic rings. The van der Waals surface area contributed by atoms with Crippen molar-refractivity contribution in [3.63, 3.8) is 0 Å². The lowest BCUT2D eigenvalue weighted by Gasteiger charge is -2.16. The lowest BCUT2D eigenvalue weighted by atomic mass is 9.92. The number of carbonyl (C=O) groups excluding carboxylic acids is 2. The van der Waals surface area contributed by atoms with E-state index < -0.39 is 51.9 Å². The first kappa shape index (κ1) is 24.8. The molecule has 0 aliphatic heterocycles. The van der Waals surface area contributed by atoms with Crippen LogP contribution in [0.25, 0.3) is 22.0 Å². The third-order valence-corrected chi connectivity index (χ3v) is 5.92. The van der Waals surface area contributed by atoms with Gasteiger partial charge in [-0.15, -0.1) is 0 Å². The standard InChI is InChI=1S/C25H21F4N5O2/c1-3-13-4-6-14(7-5-13)11-34-12(2)18(22(33-34)25(27,28)29)20-19(23(30)35)16-9-8-15(26)10-17(16)32-21(20)24(31)36/h4-10H,3,11H2,1-2H3,(H2,30,35)(H2,31,36). The Morgan fingerprint density at radius 3 is 2.17 bits per heavy atom. The van der Waals surface area contributed by atoms with Crippen molar-refractivity contribution in [1.29, 1.82) is 0 Å². The van der Waals surface area contributed by atoms with Gasteiger partial charge >= 0.3 is 6.18 Å². The minimum absolute atomic E-state index is 0.00940. The fraction of sp³-hybridized carbons (Fsp3) is 0.200. The molecule has 11 heteroatoms. The first-order chi connectivity index (χ1) is 16.9. The van der Waals surface area contributed by atoms with E-state index in [2.05, 4.69) is 10.1 Å². The zero-order chi connectivity index (χ0) is 26.4. The molecule has 0 radical (unpaired) electrons. The summed E-state index contributed by atoms with van der Waals surface area (Å²) in [7, 11) is 0. The van der Waals surface area contributed by atoms with Gasteiger partial charge in [0.2, 0.25) is 5.91 Å². The van der Waals surface area contributed by atoms with Crippen molar-refractivity contribution in [2.45, 2.75) is 33.0 Å². The Morgan fingerprint density at radius 1 is 0.972 bits per heavy atom. The minimum atomic E-state index is -4.96. The molecule has 0 aliphatic carbocycles. The fourth-order valence-electron chi connectivity index (χ4n) is 4.17. The van der Waals surface area contributed by atoms with E-state index in [0.717, 1.165) is 34.9 Å². The van der Waals surface area contributed by atoms with Crippen molar-refractivity contribution in [1.82, 2.24) is 14.8 Å². The van der Waals surface area contributed by atoms with Gasteiger partial charge in [0, 0.05) is 28.3 Å². The maximum atomic E-state index is 14.2. The van der Waals surface area contributed by atoms with Gasteiger partial charge in [-0.3, -0.25) is 14.3 Å². The molecule has 2 aromatic heterocycles. The van der Waals surface area contributed by atoms with Crippen LogP contribution in [0.2, 0.25) is 0 Å². The number of nitrogens with zero attached hydrogens (tertiary/aromatic N) is 3. The van der Waals surface area contributed by atoms with Crippen LogP contribution in [0.3, 0.4) is 0 Å². The predicted molar refractivity (Wildman–Crippen MR) is 125 cm³/mol. The van der Waals surface area contributed by atoms with Crippen LogP contribution in [0.15, 0.2) is 42.5 Å². The summed E-state index contributed by atoms with van der Waals surface area (Å²) in [6.07, 6.45) is -4.16. The second kappa shape index (κ2) is 9.06. The molecule has 0 saturated carbocycles. The second-order valence-electron chi connectivity index (χ2n) is 8.23. The molecule has 0 unspecified atom stereocenters. The number of nitrogens with two attached hydrogens (primary N) is 2. The van der Waals surface area contributed by atoms with Crippen LogP contribution in [0, 0.1) is 12.7 Å². The number of aryl methyl sites for hydroxylation is 1. The van der Waals surface area contributed by atoms with Crippen LogP contribution in [-0.2, 0) is 19.1 Å². The molecule has 186 valence electrons. The Hall–Kier alpha value is -4.28. The molecule has 0 saturated heterocycles. The van der Waals surface area contributed by atoms with Gasteiger partial charge in [-0.1, -0.05) is 31.2 Å². The van der Waals surface area contributed by atoms with Crippen LogP contribution in [0.5, 0.6) is 0 Å². The van der Waals surface area contributed by atoms with Crippen molar-refractivity contribution in [2.24, 2.45) is 11.5 Å². The molecule has 4 N–H and O–H groups in total. The van der Waals surface area contributed by atoms with E-state index in [4.69, 9.17) is 11.5 Å². The summed E-state index contributed by atoms with van der Waals surface area (Å²) in [6, 6.07) is 10.4. The quantitative estimate of drug-likeness (QED) is 0.383. The Labute approximate surface area is 202 Å². The van der Waals surface area contributed by atoms with Crippen LogP contribution >= 0.6 is 0 Å². The molecule has 36 heavy (non-hydrogen) atoms. The molecule has 0 spiro atoms. The van der Waals surface area contributed by atoms with Crippen LogP contribution in [0.1, 0.15) is 50.3 Å². The Morgan fingerprint density at radius 2 is 1.61 bits per heavy atom. The van der Waals surface area contributed by atoms with Gasteiger partial charge in [0.15, 0.2) is 5.69 Å². The third-order valence-electron chi connectivity index (χ3n) is 5.92. The number of hydrogen-bond donors (Lipinski definition) is 2. The van der Waals surface area contributed by atoms with E-state index in [1.165, 1.54) is 6.92 Å². The van der Waals surface area contributed by atoms with E-state index in [0.29, 0.717) is 5.56 Å². The van der Waals surface area contributed by atoms with E-state index in [1.807, 2.05) is 19.1 Å². The van der Waals surface area contributed by atoms with E-state index in [-0.39, 0.29) is 23.1 Å². The number of benzene rings is 2. The number of primary amides is 2. The molecule has 2 aromatic carbocycles. The number of rotatable bonds is 6. The Bertz CT molecular complexity index is 1510. The average molecular weight is 499 g/mol. The summed E-state index contributed by atoms with van der Waals surface area (Å²) in [5, 5.41) is 3.76. The van der Waals surface area contributed by atoms with Gasteiger partial charge in [0.1, 0.15) is 11.5 Å². The zero-order valence-corrected chi connectivity index (χ0v) is 19.3. The largest absolute Gasteiger partial charge is 0.435 e. The minimum Gasteiger partial charge on any atom is -0.366 e. The predicted octanol–water partition coefficient (Wildman–Crippen LogP) is 4.37. The van der Waals surface area contributed by atoms with E-state index in [9.17, 15) is 27.2 Å². The first-order valence-electron chi connectivity index (χ1n) is 10.9. The summed E-state index contributed by atoms with van der Waals surface area (Å²) in [5.74, 6) is -3.08. The number of hydrogen-bond acceptors (Lipinski definition) is 4. The second-order valence-corrected chi connectivity index (χ2v) is 8.23. The van der Waals surface area contributed by atoms with Crippen molar-refractivity contribution in [2.75, 3.05) is 0 Å². The highest BCUT2D eigenvalue weighted by atomic mass is 19.4. The summed E-state index contributed by atoms with van der Waals surface area (Å²) in [5.41, 5.74) is 9.17. The molecule has 0 bridgehead atoms. The van der Waals surface area contributed by atoms with Crippen molar-refractivity contribution < 1.29 is 27.2 Å². The third kappa shape index (κ3) is 4.39. The number of aromatic nitrogens is 3. The van der Waals surface area contributed by atoms with Gasteiger partial charge < -0.3 is 11.5 Å². The molecular formula is C25H21F4N5O2. The molecule has 4 aromatic rings. The number of amides is 2. The fourth-order valence-corrected chi connectivity index (χ4v) is 4.17. The number of halogens is 4. The van der Waals surface area contributed by atoms with Crippen LogP contribution in [-0.4, -0.2) is 26.6 Å². The molecule has 0 fully saturated rings. The SMILES string of the molecule is CCc1ccc(Cn2nc(C(F)(F)F)c(-c3c(C(N)=O)nc4cc(F)ccc4c3C(N)=O)c2C)cc1. The lowest BCUT2D eigenvalue weighted by molar-refractivity contribution is -0.141. The van der Waals surface area contributed by atoms with Gasteiger partial charge in [0.25, 0.3) is 5.91 Å².